The van der Waals surface area contributed by atoms with Gasteiger partial charge in [0.25, 0.3) is 0 Å². The van der Waals surface area contributed by atoms with Crippen molar-refractivity contribution >= 4 is 21.6 Å². The Balaban J connectivity index is 2.19. The lowest BCUT2D eigenvalue weighted by Crippen LogP contribution is -2.46. The van der Waals surface area contributed by atoms with E-state index in [1.165, 1.54) is 22.1 Å². The Morgan fingerprint density at radius 1 is 1.30 bits per heavy atom. The first-order valence-corrected chi connectivity index (χ1v) is 8.58. The Morgan fingerprint density at radius 3 is 2.70 bits per heavy atom. The molecule has 1 aromatic rings. The van der Waals surface area contributed by atoms with Crippen LogP contribution in [0, 0.1) is 11.8 Å². The molecule has 0 saturated carbocycles. The van der Waals surface area contributed by atoms with Crippen molar-refractivity contribution in [2.45, 2.75) is 46.7 Å². The average molecular weight is 339 g/mol. The second-order valence-corrected chi connectivity index (χ2v) is 7.13. The molecule has 0 spiro atoms. The van der Waals surface area contributed by atoms with E-state index in [2.05, 4.69) is 72.0 Å². The van der Waals surface area contributed by atoms with Crippen LogP contribution in [0.1, 0.15) is 39.7 Å². The Morgan fingerprint density at radius 2 is 2.05 bits per heavy atom. The van der Waals surface area contributed by atoms with Crippen LogP contribution in [0.15, 0.2) is 22.7 Å². The molecule has 1 fully saturated rings. The van der Waals surface area contributed by atoms with Crippen LogP contribution in [0.5, 0.6) is 0 Å². The van der Waals surface area contributed by atoms with Gasteiger partial charge in [0.15, 0.2) is 0 Å². The summed E-state index contributed by atoms with van der Waals surface area (Å²) in [6.07, 6.45) is 1.34. The lowest BCUT2D eigenvalue weighted by atomic mass is 9.85. The zero-order valence-electron chi connectivity index (χ0n) is 13.1. The predicted molar refractivity (Wildman–Crippen MR) is 91.3 cm³/mol. The van der Waals surface area contributed by atoms with Gasteiger partial charge in [0.05, 0.1) is 5.69 Å². The number of anilines is 1. The number of nitrogens with one attached hydrogen (secondary N) is 1. The summed E-state index contributed by atoms with van der Waals surface area (Å²) in [4.78, 5) is 2.57. The first-order chi connectivity index (χ1) is 9.52. The van der Waals surface area contributed by atoms with Crippen molar-refractivity contribution in [2.75, 3.05) is 18.0 Å². The van der Waals surface area contributed by atoms with Gasteiger partial charge in [-0.25, -0.2) is 0 Å². The molecule has 1 aromatic carbocycles. The van der Waals surface area contributed by atoms with E-state index in [0.717, 1.165) is 31.5 Å². The van der Waals surface area contributed by atoms with Crippen molar-refractivity contribution in [3.8, 4) is 0 Å². The molecule has 112 valence electrons. The number of hydrogen-bond acceptors (Lipinski definition) is 2. The van der Waals surface area contributed by atoms with Crippen molar-refractivity contribution in [1.82, 2.24) is 5.32 Å². The van der Waals surface area contributed by atoms with Gasteiger partial charge in [0, 0.05) is 23.6 Å². The predicted octanol–water partition coefficient (Wildman–Crippen LogP) is 4.43. The van der Waals surface area contributed by atoms with Crippen molar-refractivity contribution in [3.63, 3.8) is 0 Å². The maximum atomic E-state index is 3.77. The Labute approximate surface area is 132 Å². The van der Waals surface area contributed by atoms with Crippen molar-refractivity contribution < 1.29 is 0 Å². The van der Waals surface area contributed by atoms with E-state index in [1.54, 1.807) is 0 Å². The maximum Gasteiger partial charge on any atom is 0.0513 e. The van der Waals surface area contributed by atoms with E-state index >= 15 is 0 Å². The molecular formula is C17H27BrN2. The largest absolute Gasteiger partial charge is 0.367 e. The molecule has 0 aromatic heterocycles. The first-order valence-electron chi connectivity index (χ1n) is 7.78. The van der Waals surface area contributed by atoms with Gasteiger partial charge >= 0.3 is 0 Å². The number of rotatable bonds is 4. The van der Waals surface area contributed by atoms with Gasteiger partial charge in [0.2, 0.25) is 0 Å². The summed E-state index contributed by atoms with van der Waals surface area (Å²) in [7, 11) is 0. The molecule has 1 N–H and O–H groups in total. The lowest BCUT2D eigenvalue weighted by molar-refractivity contribution is 0.297. The molecule has 0 amide bonds. The smallest absolute Gasteiger partial charge is 0.0513 e. The van der Waals surface area contributed by atoms with Gasteiger partial charge in [-0.2, -0.15) is 0 Å². The SMILES string of the molecule is CCNCc1ccc(N2CC(C)CC(C)C2C)c(Br)c1. The van der Waals surface area contributed by atoms with Crippen LogP contribution in [0.2, 0.25) is 0 Å². The number of piperidine rings is 1. The number of halogens is 1. The van der Waals surface area contributed by atoms with E-state index < -0.39 is 0 Å². The Hall–Kier alpha value is -0.540. The van der Waals surface area contributed by atoms with Gasteiger partial charge in [-0.05, 0) is 65.4 Å². The minimum absolute atomic E-state index is 0.613. The highest BCUT2D eigenvalue weighted by molar-refractivity contribution is 9.10. The molecule has 3 heteroatoms. The third kappa shape index (κ3) is 3.56. The van der Waals surface area contributed by atoms with Gasteiger partial charge in [0.1, 0.15) is 0 Å². The van der Waals surface area contributed by atoms with E-state index in [9.17, 15) is 0 Å². The standard InChI is InChI=1S/C17H27BrN2/c1-5-19-10-15-6-7-17(16(18)9-15)20-11-12(2)8-13(3)14(20)4/h6-7,9,12-14,19H,5,8,10-11H2,1-4H3. The quantitative estimate of drug-likeness (QED) is 0.873. The van der Waals surface area contributed by atoms with Crippen LogP contribution < -0.4 is 10.2 Å². The topological polar surface area (TPSA) is 15.3 Å². The molecule has 3 atom stereocenters. The van der Waals surface area contributed by atoms with Crippen molar-refractivity contribution in [1.29, 1.82) is 0 Å². The molecule has 0 bridgehead atoms. The Kier molecular flexibility index (Phi) is 5.50. The van der Waals surface area contributed by atoms with Crippen LogP contribution in [-0.2, 0) is 6.54 Å². The summed E-state index contributed by atoms with van der Waals surface area (Å²) in [6.45, 7) is 12.4. The fourth-order valence-corrected chi connectivity index (χ4v) is 3.85. The minimum Gasteiger partial charge on any atom is -0.367 e. The fourth-order valence-electron chi connectivity index (χ4n) is 3.20. The van der Waals surface area contributed by atoms with Gasteiger partial charge in [-0.1, -0.05) is 26.8 Å². The number of benzene rings is 1. The van der Waals surface area contributed by atoms with Gasteiger partial charge < -0.3 is 10.2 Å². The summed E-state index contributed by atoms with van der Waals surface area (Å²) < 4.78 is 1.22. The zero-order valence-corrected chi connectivity index (χ0v) is 14.7. The molecule has 3 unspecified atom stereocenters. The summed E-state index contributed by atoms with van der Waals surface area (Å²) in [6, 6.07) is 7.40. The second kappa shape index (κ2) is 6.95. The maximum absolute atomic E-state index is 3.77. The van der Waals surface area contributed by atoms with Crippen molar-refractivity contribution in [2.24, 2.45) is 11.8 Å². The normalized spacial score (nSPS) is 26.9. The van der Waals surface area contributed by atoms with Crippen LogP contribution in [0.3, 0.4) is 0 Å². The molecule has 1 aliphatic rings. The minimum atomic E-state index is 0.613. The molecule has 2 rings (SSSR count). The number of nitrogens with zero attached hydrogens (tertiary/aromatic N) is 1. The average Bonchev–Trinajstić information content (AvgIpc) is 2.41. The molecule has 0 radical (unpaired) electrons. The van der Waals surface area contributed by atoms with E-state index in [-0.39, 0.29) is 0 Å². The molecule has 1 saturated heterocycles. The lowest BCUT2D eigenvalue weighted by Gasteiger charge is -2.43. The molecule has 20 heavy (non-hydrogen) atoms. The highest BCUT2D eigenvalue weighted by atomic mass is 79.9. The third-order valence-corrected chi connectivity index (χ3v) is 5.13. The highest BCUT2D eigenvalue weighted by Crippen LogP contribution is 2.35. The summed E-state index contributed by atoms with van der Waals surface area (Å²) in [5, 5.41) is 3.38. The van der Waals surface area contributed by atoms with Crippen LogP contribution in [-0.4, -0.2) is 19.1 Å². The van der Waals surface area contributed by atoms with Crippen LogP contribution in [0.25, 0.3) is 0 Å². The highest BCUT2D eigenvalue weighted by Gasteiger charge is 2.29. The monoisotopic (exact) mass is 338 g/mol. The number of hydrogen-bond donors (Lipinski definition) is 1. The molecule has 1 heterocycles. The van der Waals surface area contributed by atoms with Gasteiger partial charge in [-0.15, -0.1) is 0 Å². The van der Waals surface area contributed by atoms with Crippen LogP contribution in [0.4, 0.5) is 5.69 Å². The molecule has 2 nitrogen and oxygen atoms in total. The molecule has 0 aliphatic carbocycles. The van der Waals surface area contributed by atoms with E-state index in [4.69, 9.17) is 0 Å². The second-order valence-electron chi connectivity index (χ2n) is 6.28. The third-order valence-electron chi connectivity index (χ3n) is 4.50. The van der Waals surface area contributed by atoms with Crippen molar-refractivity contribution in [3.05, 3.63) is 28.2 Å². The Bertz CT molecular complexity index is 447. The molecular weight excluding hydrogens is 312 g/mol. The van der Waals surface area contributed by atoms with Gasteiger partial charge in [-0.3, -0.25) is 0 Å². The summed E-state index contributed by atoms with van der Waals surface area (Å²) in [5.74, 6) is 1.53. The summed E-state index contributed by atoms with van der Waals surface area (Å²) in [5.41, 5.74) is 2.68. The van der Waals surface area contributed by atoms with E-state index in [0.29, 0.717) is 6.04 Å². The molecule has 1 aliphatic heterocycles. The van der Waals surface area contributed by atoms with Crippen LogP contribution >= 0.6 is 15.9 Å². The van der Waals surface area contributed by atoms with E-state index in [1.807, 2.05) is 0 Å². The zero-order chi connectivity index (χ0) is 14.7. The fraction of sp³-hybridized carbons (Fsp3) is 0.647. The summed E-state index contributed by atoms with van der Waals surface area (Å²) >= 11 is 3.77. The first kappa shape index (κ1) is 15.8.